The maximum absolute atomic E-state index is 12.6. The van der Waals surface area contributed by atoms with Crippen LogP contribution in [0.4, 0.5) is 5.69 Å². The van der Waals surface area contributed by atoms with Gasteiger partial charge in [-0.1, -0.05) is 5.92 Å². The topological polar surface area (TPSA) is 69.8 Å². The first-order valence-corrected chi connectivity index (χ1v) is 8.22. The monoisotopic (exact) mass is 339 g/mol. The van der Waals surface area contributed by atoms with Gasteiger partial charge in [-0.3, -0.25) is 9.78 Å². The Morgan fingerprint density at radius 2 is 1.84 bits per heavy atom. The normalized spacial score (nSPS) is 14.8. The number of anilines is 1. The highest BCUT2D eigenvalue weighted by molar-refractivity contribution is 5.91. The van der Waals surface area contributed by atoms with E-state index in [-0.39, 0.29) is 11.7 Å². The zero-order chi connectivity index (χ0) is 17.9. The lowest BCUT2D eigenvalue weighted by molar-refractivity contribution is 0.0714. The SMILES string of the molecule is CC(C)(O)C#Cc1ccc(C(=O)N2CCN(c3ccncc3)CC2)o1. The summed E-state index contributed by atoms with van der Waals surface area (Å²) in [5, 5.41) is 9.62. The summed E-state index contributed by atoms with van der Waals surface area (Å²) in [6.07, 6.45) is 3.54. The lowest BCUT2D eigenvalue weighted by Crippen LogP contribution is -2.48. The zero-order valence-corrected chi connectivity index (χ0v) is 14.4. The maximum atomic E-state index is 12.6. The van der Waals surface area contributed by atoms with Gasteiger partial charge >= 0.3 is 0 Å². The van der Waals surface area contributed by atoms with Gasteiger partial charge in [0.2, 0.25) is 0 Å². The van der Waals surface area contributed by atoms with Gasteiger partial charge in [-0.25, -0.2) is 0 Å². The average Bonchev–Trinajstić information content (AvgIpc) is 3.09. The van der Waals surface area contributed by atoms with Crippen molar-refractivity contribution < 1.29 is 14.3 Å². The number of hydrogen-bond donors (Lipinski definition) is 1. The van der Waals surface area contributed by atoms with Crippen LogP contribution in [0.5, 0.6) is 0 Å². The Hall–Kier alpha value is -2.78. The van der Waals surface area contributed by atoms with E-state index < -0.39 is 5.60 Å². The molecule has 6 heteroatoms. The zero-order valence-electron chi connectivity index (χ0n) is 14.4. The first kappa shape index (κ1) is 17.1. The molecule has 0 spiro atoms. The average molecular weight is 339 g/mol. The third-order valence-corrected chi connectivity index (χ3v) is 3.90. The van der Waals surface area contributed by atoms with Crippen LogP contribution >= 0.6 is 0 Å². The van der Waals surface area contributed by atoms with Crippen molar-refractivity contribution in [3.8, 4) is 11.8 Å². The molecular formula is C19H21N3O3. The van der Waals surface area contributed by atoms with Crippen molar-refractivity contribution >= 4 is 11.6 Å². The second-order valence-corrected chi connectivity index (χ2v) is 6.46. The summed E-state index contributed by atoms with van der Waals surface area (Å²) in [6.45, 7) is 5.98. The minimum absolute atomic E-state index is 0.134. The number of furan rings is 1. The van der Waals surface area contributed by atoms with Crippen LogP contribution in [0.15, 0.2) is 41.1 Å². The van der Waals surface area contributed by atoms with Gasteiger partial charge in [0.25, 0.3) is 5.91 Å². The Morgan fingerprint density at radius 3 is 2.48 bits per heavy atom. The number of amides is 1. The first-order chi connectivity index (χ1) is 11.9. The smallest absolute Gasteiger partial charge is 0.289 e. The fraction of sp³-hybridized carbons (Fsp3) is 0.368. The molecule has 1 fully saturated rings. The van der Waals surface area contributed by atoms with Gasteiger partial charge < -0.3 is 19.3 Å². The van der Waals surface area contributed by atoms with Gasteiger partial charge in [-0.05, 0) is 44.0 Å². The van der Waals surface area contributed by atoms with E-state index in [4.69, 9.17) is 4.42 Å². The Balaban J connectivity index is 1.61. The number of rotatable bonds is 2. The third kappa shape index (κ3) is 4.40. The van der Waals surface area contributed by atoms with Crippen LogP contribution in [0.3, 0.4) is 0 Å². The van der Waals surface area contributed by atoms with E-state index in [1.54, 1.807) is 43.3 Å². The molecule has 3 heterocycles. The van der Waals surface area contributed by atoms with Gasteiger partial charge in [0.05, 0.1) is 0 Å². The molecule has 0 aromatic carbocycles. The lowest BCUT2D eigenvalue weighted by Gasteiger charge is -2.35. The van der Waals surface area contributed by atoms with E-state index in [9.17, 15) is 9.90 Å². The summed E-state index contributed by atoms with van der Waals surface area (Å²) in [6, 6.07) is 7.22. The van der Waals surface area contributed by atoms with E-state index in [1.807, 2.05) is 12.1 Å². The highest BCUT2D eigenvalue weighted by Gasteiger charge is 2.24. The molecule has 1 aliphatic heterocycles. The molecule has 1 N–H and O–H groups in total. The molecule has 0 bridgehead atoms. The van der Waals surface area contributed by atoms with E-state index in [2.05, 4.69) is 21.7 Å². The Bertz CT molecular complexity index is 789. The first-order valence-electron chi connectivity index (χ1n) is 8.22. The number of hydrogen-bond acceptors (Lipinski definition) is 5. The molecule has 130 valence electrons. The molecule has 2 aromatic rings. The van der Waals surface area contributed by atoms with Crippen LogP contribution in [0.2, 0.25) is 0 Å². The molecule has 6 nitrogen and oxygen atoms in total. The summed E-state index contributed by atoms with van der Waals surface area (Å²) in [5.41, 5.74) is 0.0181. The number of aliphatic hydroxyl groups is 1. The standard InChI is InChI=1S/C19H21N3O3/c1-19(2,24)8-5-16-3-4-17(25-16)18(23)22-13-11-21(12-14-22)15-6-9-20-10-7-15/h3-4,6-7,9-10,24H,11-14H2,1-2H3. The van der Waals surface area contributed by atoms with Crippen molar-refractivity contribution in [3.63, 3.8) is 0 Å². The van der Waals surface area contributed by atoms with Crippen molar-refractivity contribution in [2.45, 2.75) is 19.4 Å². The molecule has 0 aliphatic carbocycles. The second kappa shape index (κ2) is 6.99. The summed E-state index contributed by atoms with van der Waals surface area (Å²) >= 11 is 0. The fourth-order valence-corrected chi connectivity index (χ4v) is 2.61. The van der Waals surface area contributed by atoms with Gasteiger partial charge in [-0.2, -0.15) is 0 Å². The molecule has 0 unspecified atom stereocenters. The lowest BCUT2D eigenvalue weighted by atomic mass is 10.1. The van der Waals surface area contributed by atoms with Crippen LogP contribution in [-0.2, 0) is 0 Å². The predicted octanol–water partition coefficient (Wildman–Crippen LogP) is 1.76. The maximum Gasteiger partial charge on any atom is 0.289 e. The van der Waals surface area contributed by atoms with Crippen molar-refractivity contribution in [2.24, 2.45) is 0 Å². The molecule has 1 saturated heterocycles. The molecule has 0 saturated carbocycles. The fourth-order valence-electron chi connectivity index (χ4n) is 2.61. The second-order valence-electron chi connectivity index (χ2n) is 6.46. The van der Waals surface area contributed by atoms with Crippen molar-refractivity contribution in [3.05, 3.63) is 48.2 Å². The van der Waals surface area contributed by atoms with Gasteiger partial charge in [0.1, 0.15) is 5.60 Å². The third-order valence-electron chi connectivity index (χ3n) is 3.90. The largest absolute Gasteiger partial charge is 0.443 e. The number of nitrogens with zero attached hydrogens (tertiary/aromatic N) is 3. The van der Waals surface area contributed by atoms with Crippen LogP contribution in [0, 0.1) is 11.8 Å². The molecule has 1 amide bonds. The molecular weight excluding hydrogens is 318 g/mol. The predicted molar refractivity (Wildman–Crippen MR) is 94.2 cm³/mol. The summed E-state index contributed by atoms with van der Waals surface area (Å²) in [5.74, 6) is 5.93. The van der Waals surface area contributed by atoms with Crippen LogP contribution in [-0.4, -0.2) is 52.7 Å². The molecule has 1 aliphatic rings. The van der Waals surface area contributed by atoms with E-state index >= 15 is 0 Å². The van der Waals surface area contributed by atoms with Gasteiger partial charge in [0.15, 0.2) is 11.5 Å². The minimum atomic E-state index is -1.10. The minimum Gasteiger partial charge on any atom is -0.443 e. The number of piperazine rings is 1. The molecule has 2 aromatic heterocycles. The van der Waals surface area contributed by atoms with Crippen LogP contribution in [0.25, 0.3) is 0 Å². The van der Waals surface area contributed by atoms with Crippen LogP contribution in [0.1, 0.15) is 30.2 Å². The molecule has 25 heavy (non-hydrogen) atoms. The van der Waals surface area contributed by atoms with Crippen molar-refractivity contribution in [1.29, 1.82) is 0 Å². The molecule has 3 rings (SSSR count). The Labute approximate surface area is 147 Å². The van der Waals surface area contributed by atoms with E-state index in [0.29, 0.717) is 18.8 Å². The van der Waals surface area contributed by atoms with E-state index in [1.165, 1.54) is 0 Å². The van der Waals surface area contributed by atoms with Crippen molar-refractivity contribution in [2.75, 3.05) is 31.1 Å². The molecule has 0 radical (unpaired) electrons. The highest BCUT2D eigenvalue weighted by atomic mass is 16.4. The highest BCUT2D eigenvalue weighted by Crippen LogP contribution is 2.17. The quantitative estimate of drug-likeness (QED) is 0.845. The van der Waals surface area contributed by atoms with Gasteiger partial charge in [-0.15, -0.1) is 0 Å². The molecule has 0 atom stereocenters. The summed E-state index contributed by atoms with van der Waals surface area (Å²) in [7, 11) is 0. The van der Waals surface area contributed by atoms with Crippen molar-refractivity contribution in [1.82, 2.24) is 9.88 Å². The van der Waals surface area contributed by atoms with E-state index in [0.717, 1.165) is 18.8 Å². The van der Waals surface area contributed by atoms with Crippen LogP contribution < -0.4 is 4.90 Å². The number of carbonyl (C=O) groups is 1. The van der Waals surface area contributed by atoms with Gasteiger partial charge in [0, 0.05) is 44.3 Å². The summed E-state index contributed by atoms with van der Waals surface area (Å²) in [4.78, 5) is 20.6. The number of pyridine rings is 1. The number of carbonyl (C=O) groups excluding carboxylic acids is 1. The summed E-state index contributed by atoms with van der Waals surface area (Å²) < 4.78 is 5.51. The Kier molecular flexibility index (Phi) is 4.77. The Morgan fingerprint density at radius 1 is 1.16 bits per heavy atom. The number of aromatic nitrogens is 1.